The predicted octanol–water partition coefficient (Wildman–Crippen LogP) is 4.25. The van der Waals surface area contributed by atoms with Gasteiger partial charge in [-0.1, -0.05) is 12.1 Å². The van der Waals surface area contributed by atoms with Crippen LogP contribution in [0.25, 0.3) is 0 Å². The highest BCUT2D eigenvalue weighted by atomic mass is 35.5. The number of benzene rings is 1. The summed E-state index contributed by atoms with van der Waals surface area (Å²) in [5.74, 6) is 1.04. The van der Waals surface area contributed by atoms with Crippen LogP contribution in [0.2, 0.25) is 0 Å². The van der Waals surface area contributed by atoms with Crippen LogP contribution in [0.4, 0.5) is 0 Å². The summed E-state index contributed by atoms with van der Waals surface area (Å²) < 4.78 is 11.3. The molecule has 0 aliphatic carbocycles. The molecule has 19 heavy (non-hydrogen) atoms. The van der Waals surface area contributed by atoms with Gasteiger partial charge in [0.2, 0.25) is 0 Å². The van der Waals surface area contributed by atoms with E-state index in [0.717, 1.165) is 44.6 Å². The number of hydrogen-bond acceptors (Lipinski definition) is 2. The van der Waals surface area contributed by atoms with Crippen LogP contribution in [0, 0.1) is 0 Å². The van der Waals surface area contributed by atoms with Crippen LogP contribution < -0.4 is 4.74 Å². The van der Waals surface area contributed by atoms with Crippen LogP contribution in [0.3, 0.4) is 0 Å². The van der Waals surface area contributed by atoms with E-state index in [1.54, 1.807) is 0 Å². The topological polar surface area (TPSA) is 18.5 Å². The minimum Gasteiger partial charge on any atom is -0.493 e. The molecule has 0 N–H and O–H groups in total. The summed E-state index contributed by atoms with van der Waals surface area (Å²) in [5.41, 5.74) is 2.54. The van der Waals surface area contributed by atoms with E-state index in [-0.39, 0.29) is 5.38 Å². The SMILES string of the molecule is ClC(CCC1CCCO1)c1ccc2c(c1)CCCO2. The number of halogens is 1. The van der Waals surface area contributed by atoms with Gasteiger partial charge in [0.1, 0.15) is 5.75 Å². The van der Waals surface area contributed by atoms with Gasteiger partial charge < -0.3 is 9.47 Å². The molecule has 1 fully saturated rings. The van der Waals surface area contributed by atoms with E-state index in [2.05, 4.69) is 18.2 Å². The third kappa shape index (κ3) is 3.24. The monoisotopic (exact) mass is 280 g/mol. The molecule has 0 amide bonds. The molecule has 2 aliphatic rings. The fourth-order valence-electron chi connectivity index (χ4n) is 2.95. The van der Waals surface area contributed by atoms with Crippen molar-refractivity contribution in [3.8, 4) is 5.75 Å². The highest BCUT2D eigenvalue weighted by molar-refractivity contribution is 6.20. The van der Waals surface area contributed by atoms with Gasteiger partial charge in [-0.3, -0.25) is 0 Å². The van der Waals surface area contributed by atoms with Crippen molar-refractivity contribution in [2.75, 3.05) is 13.2 Å². The van der Waals surface area contributed by atoms with Crippen LogP contribution in [-0.2, 0) is 11.2 Å². The van der Waals surface area contributed by atoms with E-state index in [9.17, 15) is 0 Å². The first-order valence-electron chi connectivity index (χ1n) is 7.34. The Bertz CT molecular complexity index is 427. The maximum absolute atomic E-state index is 6.53. The van der Waals surface area contributed by atoms with E-state index >= 15 is 0 Å². The quantitative estimate of drug-likeness (QED) is 0.768. The van der Waals surface area contributed by atoms with Crippen molar-refractivity contribution in [2.24, 2.45) is 0 Å². The molecule has 0 radical (unpaired) electrons. The number of rotatable bonds is 4. The van der Waals surface area contributed by atoms with Crippen molar-refractivity contribution < 1.29 is 9.47 Å². The molecule has 0 aromatic heterocycles. The lowest BCUT2D eigenvalue weighted by molar-refractivity contribution is 0.102. The lowest BCUT2D eigenvalue weighted by atomic mass is 9.99. The molecule has 1 aromatic carbocycles. The molecule has 3 heteroatoms. The van der Waals surface area contributed by atoms with Gasteiger partial charge in [0.25, 0.3) is 0 Å². The molecule has 0 saturated carbocycles. The molecule has 0 spiro atoms. The van der Waals surface area contributed by atoms with Gasteiger partial charge in [0.05, 0.1) is 18.1 Å². The van der Waals surface area contributed by atoms with Gasteiger partial charge in [-0.15, -0.1) is 11.6 Å². The third-order valence-corrected chi connectivity index (χ3v) is 4.53. The Balaban J connectivity index is 1.60. The molecule has 1 aromatic rings. The van der Waals surface area contributed by atoms with Crippen molar-refractivity contribution in [1.82, 2.24) is 0 Å². The zero-order chi connectivity index (χ0) is 13.1. The van der Waals surface area contributed by atoms with Crippen LogP contribution in [0.5, 0.6) is 5.75 Å². The molecule has 2 heterocycles. The lowest BCUT2D eigenvalue weighted by Gasteiger charge is -2.19. The number of alkyl halides is 1. The van der Waals surface area contributed by atoms with E-state index < -0.39 is 0 Å². The van der Waals surface area contributed by atoms with Gasteiger partial charge >= 0.3 is 0 Å². The Morgan fingerprint density at radius 2 is 2.21 bits per heavy atom. The standard InChI is InChI=1S/C16H21ClO2/c17-15(7-6-14-4-2-9-18-14)12-5-8-16-13(11-12)3-1-10-19-16/h5,8,11,14-15H,1-4,6-7,9-10H2. The summed E-state index contributed by atoms with van der Waals surface area (Å²) in [4.78, 5) is 0. The fourth-order valence-corrected chi connectivity index (χ4v) is 3.21. The van der Waals surface area contributed by atoms with Crippen molar-refractivity contribution in [3.05, 3.63) is 29.3 Å². The van der Waals surface area contributed by atoms with E-state index in [0.29, 0.717) is 6.10 Å². The molecule has 2 unspecified atom stereocenters. The molecule has 2 nitrogen and oxygen atoms in total. The molecule has 104 valence electrons. The smallest absolute Gasteiger partial charge is 0.122 e. The van der Waals surface area contributed by atoms with Crippen LogP contribution in [0.15, 0.2) is 18.2 Å². The number of hydrogen-bond donors (Lipinski definition) is 0. The second-order valence-electron chi connectivity index (χ2n) is 5.50. The molecular weight excluding hydrogens is 260 g/mol. The first-order chi connectivity index (χ1) is 9.33. The maximum Gasteiger partial charge on any atom is 0.122 e. The fraction of sp³-hybridized carbons (Fsp3) is 0.625. The highest BCUT2D eigenvalue weighted by Gasteiger charge is 2.19. The summed E-state index contributed by atoms with van der Waals surface area (Å²) in [5, 5.41) is 0.0939. The van der Waals surface area contributed by atoms with Crippen molar-refractivity contribution in [3.63, 3.8) is 0 Å². The second-order valence-corrected chi connectivity index (χ2v) is 6.03. The van der Waals surface area contributed by atoms with Gasteiger partial charge in [0.15, 0.2) is 0 Å². The van der Waals surface area contributed by atoms with Gasteiger partial charge in [0, 0.05) is 6.61 Å². The summed E-state index contributed by atoms with van der Waals surface area (Å²) in [6.45, 7) is 1.77. The minimum atomic E-state index is 0.0939. The summed E-state index contributed by atoms with van der Waals surface area (Å²) >= 11 is 6.53. The second kappa shape index (κ2) is 6.15. The normalized spacial score (nSPS) is 23.7. The van der Waals surface area contributed by atoms with Crippen LogP contribution in [-0.4, -0.2) is 19.3 Å². The lowest BCUT2D eigenvalue weighted by Crippen LogP contribution is -2.09. The average Bonchev–Trinajstić information content (AvgIpc) is 2.97. The highest BCUT2D eigenvalue weighted by Crippen LogP contribution is 2.33. The van der Waals surface area contributed by atoms with E-state index in [1.807, 2.05) is 0 Å². The largest absolute Gasteiger partial charge is 0.493 e. The van der Waals surface area contributed by atoms with Gasteiger partial charge in [-0.2, -0.15) is 0 Å². The third-order valence-electron chi connectivity index (χ3n) is 4.06. The van der Waals surface area contributed by atoms with Crippen molar-refractivity contribution >= 4 is 11.6 Å². The Kier molecular flexibility index (Phi) is 4.29. The van der Waals surface area contributed by atoms with Gasteiger partial charge in [-0.05, 0) is 55.7 Å². The Labute approximate surface area is 120 Å². The number of ether oxygens (including phenoxy) is 2. The molecule has 1 saturated heterocycles. The molecule has 3 rings (SSSR count). The Morgan fingerprint density at radius 3 is 3.05 bits per heavy atom. The van der Waals surface area contributed by atoms with E-state index in [4.69, 9.17) is 21.1 Å². The maximum atomic E-state index is 6.53. The number of fused-ring (bicyclic) bond motifs is 1. The van der Waals surface area contributed by atoms with E-state index in [1.165, 1.54) is 24.0 Å². The Morgan fingerprint density at radius 1 is 1.26 bits per heavy atom. The first-order valence-corrected chi connectivity index (χ1v) is 7.78. The predicted molar refractivity (Wildman–Crippen MR) is 77.1 cm³/mol. The molecular formula is C16H21ClO2. The molecule has 2 atom stereocenters. The number of aryl methyl sites for hydroxylation is 1. The summed E-state index contributed by atoms with van der Waals surface area (Å²) in [6, 6.07) is 6.41. The summed E-state index contributed by atoms with van der Waals surface area (Å²) in [6.07, 6.45) is 7.11. The zero-order valence-electron chi connectivity index (χ0n) is 11.2. The first kappa shape index (κ1) is 13.3. The van der Waals surface area contributed by atoms with Crippen LogP contribution in [0.1, 0.15) is 48.6 Å². The Hall–Kier alpha value is -0.730. The van der Waals surface area contributed by atoms with Crippen LogP contribution >= 0.6 is 11.6 Å². The van der Waals surface area contributed by atoms with Crippen molar-refractivity contribution in [1.29, 1.82) is 0 Å². The molecule has 2 aliphatic heterocycles. The van der Waals surface area contributed by atoms with Crippen molar-refractivity contribution in [2.45, 2.75) is 50.0 Å². The molecule has 0 bridgehead atoms. The van der Waals surface area contributed by atoms with Gasteiger partial charge in [-0.25, -0.2) is 0 Å². The average molecular weight is 281 g/mol. The summed E-state index contributed by atoms with van der Waals surface area (Å²) in [7, 11) is 0. The zero-order valence-corrected chi connectivity index (χ0v) is 12.0. The minimum absolute atomic E-state index is 0.0939.